The lowest BCUT2D eigenvalue weighted by Crippen LogP contribution is -2.33. The van der Waals surface area contributed by atoms with Gasteiger partial charge in [0.05, 0.1) is 18.0 Å². The van der Waals surface area contributed by atoms with Crippen LogP contribution in [-0.2, 0) is 9.59 Å². The number of nitrogens with zero attached hydrogens (tertiary/aromatic N) is 2. The second-order valence-corrected chi connectivity index (χ2v) is 6.05. The van der Waals surface area contributed by atoms with Crippen molar-refractivity contribution in [2.24, 2.45) is 5.16 Å². The second kappa shape index (κ2) is 5.43. The highest BCUT2D eigenvalue weighted by atomic mass is 19.1. The molecule has 0 radical (unpaired) electrons. The number of anilines is 1. The van der Waals surface area contributed by atoms with Crippen molar-refractivity contribution in [3.8, 4) is 5.75 Å². The van der Waals surface area contributed by atoms with E-state index in [9.17, 15) is 14.0 Å². The van der Waals surface area contributed by atoms with Crippen LogP contribution in [0.5, 0.6) is 5.75 Å². The third-order valence-electron chi connectivity index (χ3n) is 4.71. The topological polar surface area (TPSA) is 79.2 Å². The fourth-order valence-corrected chi connectivity index (χ4v) is 3.51. The van der Waals surface area contributed by atoms with Crippen LogP contribution in [0.15, 0.2) is 28.4 Å². The van der Waals surface area contributed by atoms with Gasteiger partial charge >= 0.3 is 0 Å². The molecule has 1 aliphatic carbocycles. The molecule has 0 saturated carbocycles. The summed E-state index contributed by atoms with van der Waals surface area (Å²) in [4.78, 5) is 26.1. The van der Waals surface area contributed by atoms with E-state index in [4.69, 9.17) is 9.94 Å². The number of amides is 2. The maximum Gasteiger partial charge on any atom is 0.261 e. The van der Waals surface area contributed by atoms with Gasteiger partial charge in [0.15, 0.2) is 5.82 Å². The predicted octanol–water partition coefficient (Wildman–Crippen LogP) is 2.53. The van der Waals surface area contributed by atoms with Gasteiger partial charge in [0, 0.05) is 29.2 Å². The van der Waals surface area contributed by atoms with Crippen LogP contribution in [0.2, 0.25) is 0 Å². The zero-order valence-electron chi connectivity index (χ0n) is 12.8. The summed E-state index contributed by atoms with van der Waals surface area (Å²) in [5, 5.41) is 12.3. The average Bonchev–Trinajstić information content (AvgIpc) is 2.85. The molecule has 7 heteroatoms. The third-order valence-corrected chi connectivity index (χ3v) is 4.71. The van der Waals surface area contributed by atoms with E-state index in [-0.39, 0.29) is 18.0 Å². The molecular formula is C17H15FN2O4. The Morgan fingerprint density at radius 2 is 1.75 bits per heavy atom. The number of hydrogen-bond donors (Lipinski definition) is 1. The maximum absolute atomic E-state index is 14.5. The zero-order chi connectivity index (χ0) is 16.8. The summed E-state index contributed by atoms with van der Waals surface area (Å²) in [5.74, 6) is -1.37. The lowest BCUT2D eigenvalue weighted by Gasteiger charge is -2.22. The monoisotopic (exact) mass is 330 g/mol. The molecule has 1 aromatic rings. The first-order chi connectivity index (χ1) is 11.6. The lowest BCUT2D eigenvalue weighted by atomic mass is 9.93. The number of imide groups is 1. The number of oxime groups is 1. The van der Waals surface area contributed by atoms with Crippen molar-refractivity contribution >= 4 is 23.2 Å². The van der Waals surface area contributed by atoms with Crippen LogP contribution in [0, 0.1) is 5.82 Å². The number of carbonyl (C=O) groups is 2. The SMILES string of the molecule is O=C1C2=C(CCCC2)C(=O)N1c1cc2c(cc1F)OCCC2=NO. The minimum atomic E-state index is -0.713. The van der Waals surface area contributed by atoms with Crippen molar-refractivity contribution in [2.45, 2.75) is 32.1 Å². The summed E-state index contributed by atoms with van der Waals surface area (Å²) in [6.45, 7) is 0.280. The van der Waals surface area contributed by atoms with E-state index in [1.807, 2.05) is 0 Å². The first kappa shape index (κ1) is 14.9. The highest BCUT2D eigenvalue weighted by molar-refractivity contribution is 6.33. The van der Waals surface area contributed by atoms with Gasteiger partial charge in [0.1, 0.15) is 5.75 Å². The highest BCUT2D eigenvalue weighted by Crippen LogP contribution is 2.39. The highest BCUT2D eigenvalue weighted by Gasteiger charge is 2.41. The zero-order valence-corrected chi connectivity index (χ0v) is 12.8. The van der Waals surface area contributed by atoms with Crippen LogP contribution in [0.4, 0.5) is 10.1 Å². The lowest BCUT2D eigenvalue weighted by molar-refractivity contribution is -0.120. The van der Waals surface area contributed by atoms with Crippen molar-refractivity contribution in [3.63, 3.8) is 0 Å². The number of hydrogen-bond acceptors (Lipinski definition) is 5. The van der Waals surface area contributed by atoms with E-state index < -0.39 is 17.6 Å². The maximum atomic E-state index is 14.5. The Balaban J connectivity index is 1.81. The van der Waals surface area contributed by atoms with Crippen LogP contribution in [-0.4, -0.2) is 29.3 Å². The van der Waals surface area contributed by atoms with Crippen LogP contribution in [0.1, 0.15) is 37.7 Å². The van der Waals surface area contributed by atoms with E-state index >= 15 is 0 Å². The fraction of sp³-hybridized carbons (Fsp3) is 0.353. The Labute approximate surface area is 137 Å². The quantitative estimate of drug-likeness (QED) is 0.487. The fourth-order valence-electron chi connectivity index (χ4n) is 3.51. The Kier molecular flexibility index (Phi) is 3.37. The number of rotatable bonds is 1. The average molecular weight is 330 g/mol. The molecule has 0 saturated heterocycles. The van der Waals surface area contributed by atoms with Crippen LogP contribution >= 0.6 is 0 Å². The largest absolute Gasteiger partial charge is 0.492 e. The van der Waals surface area contributed by atoms with Gasteiger partial charge in [-0.3, -0.25) is 9.59 Å². The summed E-state index contributed by atoms with van der Waals surface area (Å²) in [6, 6.07) is 2.49. The summed E-state index contributed by atoms with van der Waals surface area (Å²) in [5.41, 5.74) is 1.61. The van der Waals surface area contributed by atoms with Crippen LogP contribution in [0.25, 0.3) is 0 Å². The standard InChI is InChI=1S/C17H15FN2O4/c18-12-8-15-11(13(19-23)5-6-24-15)7-14(12)20-16(21)9-3-1-2-4-10(9)17(20)22/h7-8,23H,1-6H2. The normalized spacial score (nSPS) is 21.9. The molecule has 1 N–H and O–H groups in total. The van der Waals surface area contributed by atoms with E-state index in [0.717, 1.165) is 23.8 Å². The molecule has 3 aliphatic rings. The van der Waals surface area contributed by atoms with Gasteiger partial charge < -0.3 is 9.94 Å². The minimum absolute atomic E-state index is 0.121. The first-order valence-electron chi connectivity index (χ1n) is 7.90. The molecule has 0 bridgehead atoms. The summed E-state index contributed by atoms with van der Waals surface area (Å²) in [7, 11) is 0. The molecule has 0 atom stereocenters. The van der Waals surface area contributed by atoms with Gasteiger partial charge in [-0.25, -0.2) is 9.29 Å². The second-order valence-electron chi connectivity index (χ2n) is 6.05. The van der Waals surface area contributed by atoms with E-state index in [1.165, 1.54) is 6.07 Å². The Morgan fingerprint density at radius 1 is 1.08 bits per heavy atom. The van der Waals surface area contributed by atoms with Gasteiger partial charge in [-0.1, -0.05) is 5.16 Å². The number of carbonyl (C=O) groups excluding carboxylic acids is 2. The van der Waals surface area contributed by atoms with Crippen molar-refractivity contribution in [2.75, 3.05) is 11.5 Å². The van der Waals surface area contributed by atoms with Gasteiger partial charge in [-0.2, -0.15) is 0 Å². The van der Waals surface area contributed by atoms with E-state index in [2.05, 4.69) is 5.16 Å². The smallest absolute Gasteiger partial charge is 0.261 e. The van der Waals surface area contributed by atoms with Gasteiger partial charge in [-0.15, -0.1) is 0 Å². The molecular weight excluding hydrogens is 315 g/mol. The Bertz CT molecular complexity index is 800. The van der Waals surface area contributed by atoms with Gasteiger partial charge in [0.2, 0.25) is 0 Å². The summed E-state index contributed by atoms with van der Waals surface area (Å²) < 4.78 is 19.9. The van der Waals surface area contributed by atoms with Crippen molar-refractivity contribution in [1.82, 2.24) is 0 Å². The first-order valence-corrected chi connectivity index (χ1v) is 7.90. The van der Waals surface area contributed by atoms with Crippen LogP contribution in [0.3, 0.4) is 0 Å². The molecule has 6 nitrogen and oxygen atoms in total. The van der Waals surface area contributed by atoms with Crippen molar-refractivity contribution in [1.29, 1.82) is 0 Å². The Hall–Kier alpha value is -2.70. The van der Waals surface area contributed by atoms with Crippen molar-refractivity contribution in [3.05, 3.63) is 34.7 Å². The summed E-state index contributed by atoms with van der Waals surface area (Å²) in [6.07, 6.45) is 3.18. The molecule has 1 aromatic carbocycles. The molecule has 2 heterocycles. The molecule has 4 rings (SSSR count). The van der Waals surface area contributed by atoms with E-state index in [1.54, 1.807) is 0 Å². The Morgan fingerprint density at radius 3 is 2.38 bits per heavy atom. The molecule has 124 valence electrons. The molecule has 24 heavy (non-hydrogen) atoms. The van der Waals surface area contributed by atoms with Gasteiger partial charge in [-0.05, 0) is 31.7 Å². The molecule has 0 fully saturated rings. The number of benzene rings is 1. The molecule has 2 aliphatic heterocycles. The molecule has 0 unspecified atom stereocenters. The number of halogens is 1. The van der Waals surface area contributed by atoms with E-state index in [0.29, 0.717) is 41.7 Å². The number of ether oxygens (including phenoxy) is 1. The summed E-state index contributed by atoms with van der Waals surface area (Å²) >= 11 is 0. The minimum Gasteiger partial charge on any atom is -0.492 e. The molecule has 0 spiro atoms. The third kappa shape index (κ3) is 2.04. The van der Waals surface area contributed by atoms with Gasteiger partial charge in [0.25, 0.3) is 11.8 Å². The predicted molar refractivity (Wildman–Crippen MR) is 82.8 cm³/mol. The molecule has 2 amide bonds. The molecule has 0 aromatic heterocycles. The van der Waals surface area contributed by atoms with Crippen LogP contribution < -0.4 is 9.64 Å². The number of fused-ring (bicyclic) bond motifs is 1. The van der Waals surface area contributed by atoms with Crippen molar-refractivity contribution < 1.29 is 23.9 Å².